The van der Waals surface area contributed by atoms with E-state index in [1.807, 2.05) is 0 Å². The van der Waals surface area contributed by atoms with Gasteiger partial charge in [-0.1, -0.05) is 12.1 Å². The van der Waals surface area contributed by atoms with Crippen molar-refractivity contribution in [2.24, 2.45) is 0 Å². The summed E-state index contributed by atoms with van der Waals surface area (Å²) in [4.78, 5) is 13.2. The van der Waals surface area contributed by atoms with E-state index >= 15 is 0 Å². The summed E-state index contributed by atoms with van der Waals surface area (Å²) in [6, 6.07) is 5.40. The molecule has 0 bridgehead atoms. The molecule has 0 aliphatic carbocycles. The first kappa shape index (κ1) is 14.8. The van der Waals surface area contributed by atoms with Crippen LogP contribution in [0.4, 0.5) is 5.69 Å². The van der Waals surface area contributed by atoms with Crippen LogP contribution in [0.25, 0.3) is 0 Å². The summed E-state index contributed by atoms with van der Waals surface area (Å²) in [6.45, 7) is 3.78. The van der Waals surface area contributed by atoms with Gasteiger partial charge in [0.05, 0.1) is 18.8 Å². The van der Waals surface area contributed by atoms with Crippen LogP contribution in [-0.2, 0) is 11.4 Å². The van der Waals surface area contributed by atoms with E-state index in [1.165, 1.54) is 0 Å². The van der Waals surface area contributed by atoms with Crippen molar-refractivity contribution in [3.8, 4) is 5.75 Å². The van der Waals surface area contributed by atoms with Crippen LogP contribution in [0, 0.1) is 0 Å². The highest BCUT2D eigenvalue weighted by molar-refractivity contribution is 5.77. The third-order valence-electron chi connectivity index (χ3n) is 3.68. The van der Waals surface area contributed by atoms with E-state index in [1.54, 1.807) is 25.1 Å². The lowest BCUT2D eigenvalue weighted by Gasteiger charge is -2.32. The number of piperidine rings is 1. The second kappa shape index (κ2) is 6.72. The molecule has 1 saturated heterocycles. The molecule has 1 aliphatic rings. The smallest absolute Gasteiger partial charge is 0.143 e. The molecule has 2 rings (SSSR count). The van der Waals surface area contributed by atoms with Crippen molar-refractivity contribution < 1.29 is 15.0 Å². The molecule has 1 aromatic rings. The number of hydrogen-bond donors (Lipinski definition) is 3. The van der Waals surface area contributed by atoms with E-state index in [0.717, 1.165) is 25.9 Å². The van der Waals surface area contributed by atoms with Crippen LogP contribution >= 0.6 is 0 Å². The molecule has 20 heavy (non-hydrogen) atoms. The number of anilines is 1. The molecule has 3 N–H and O–H groups in total. The van der Waals surface area contributed by atoms with E-state index in [-0.39, 0.29) is 24.2 Å². The monoisotopic (exact) mass is 278 g/mol. The topological polar surface area (TPSA) is 72.8 Å². The number of aliphatic hydroxyl groups excluding tert-OH is 1. The number of hydrogen-bond acceptors (Lipinski definition) is 5. The fourth-order valence-electron chi connectivity index (χ4n) is 2.64. The van der Waals surface area contributed by atoms with Gasteiger partial charge in [-0.15, -0.1) is 0 Å². The highest BCUT2D eigenvalue weighted by Crippen LogP contribution is 2.29. The number of rotatable bonds is 5. The molecular weight excluding hydrogens is 256 g/mol. The fraction of sp³-hybridized carbons (Fsp3) is 0.533. The summed E-state index contributed by atoms with van der Waals surface area (Å²) in [6.07, 6.45) is 1.85. The second-order valence-corrected chi connectivity index (χ2v) is 5.37. The van der Waals surface area contributed by atoms with Crippen LogP contribution in [-0.4, -0.2) is 46.6 Å². The van der Waals surface area contributed by atoms with Gasteiger partial charge in [-0.05, 0) is 25.8 Å². The summed E-state index contributed by atoms with van der Waals surface area (Å²) >= 11 is 0. The number of nitrogens with zero attached hydrogens (tertiary/aromatic N) is 1. The van der Waals surface area contributed by atoms with Crippen LogP contribution < -0.4 is 5.32 Å². The van der Waals surface area contributed by atoms with Crippen LogP contribution in [0.1, 0.15) is 25.3 Å². The molecule has 1 aliphatic heterocycles. The van der Waals surface area contributed by atoms with Gasteiger partial charge in [-0.2, -0.15) is 0 Å². The molecule has 0 atom stereocenters. The van der Waals surface area contributed by atoms with Crippen molar-refractivity contribution in [3.63, 3.8) is 0 Å². The lowest BCUT2D eigenvalue weighted by atomic mass is 10.0. The van der Waals surface area contributed by atoms with E-state index < -0.39 is 0 Å². The number of likely N-dealkylation sites (tertiary alicyclic amines) is 1. The summed E-state index contributed by atoms with van der Waals surface area (Å²) in [5, 5.41) is 22.5. The normalized spacial score (nSPS) is 17.1. The summed E-state index contributed by atoms with van der Waals surface area (Å²) in [5.41, 5.74) is 1.33. The Kier molecular flexibility index (Phi) is 4.98. The van der Waals surface area contributed by atoms with E-state index in [4.69, 9.17) is 0 Å². The predicted octanol–water partition coefficient (Wildman–Crippen LogP) is 1.35. The molecule has 0 aromatic heterocycles. The van der Waals surface area contributed by atoms with Gasteiger partial charge in [0.2, 0.25) is 0 Å². The summed E-state index contributed by atoms with van der Waals surface area (Å²) in [5.74, 6) is 0.363. The maximum atomic E-state index is 11.1. The van der Waals surface area contributed by atoms with Gasteiger partial charge in [-0.25, -0.2) is 0 Å². The number of para-hydroxylation sites is 1. The molecule has 0 radical (unpaired) electrons. The molecular formula is C15H22N2O3. The Morgan fingerprint density at radius 2 is 2.10 bits per heavy atom. The minimum atomic E-state index is -0.0973. The minimum Gasteiger partial charge on any atom is -0.506 e. The lowest BCUT2D eigenvalue weighted by molar-refractivity contribution is -0.118. The van der Waals surface area contributed by atoms with E-state index in [0.29, 0.717) is 17.8 Å². The molecule has 1 fully saturated rings. The number of Topliss-reactive ketones (excluding diaryl/α,β-unsaturated/α-hetero) is 1. The van der Waals surface area contributed by atoms with E-state index in [9.17, 15) is 15.0 Å². The van der Waals surface area contributed by atoms with Crippen molar-refractivity contribution in [3.05, 3.63) is 23.8 Å². The average molecular weight is 278 g/mol. The van der Waals surface area contributed by atoms with Crippen molar-refractivity contribution in [2.45, 2.75) is 32.4 Å². The summed E-state index contributed by atoms with van der Waals surface area (Å²) in [7, 11) is 0. The Hall–Kier alpha value is -1.59. The molecule has 1 aromatic carbocycles. The largest absolute Gasteiger partial charge is 0.506 e. The first-order chi connectivity index (χ1) is 9.60. The zero-order chi connectivity index (χ0) is 14.5. The van der Waals surface area contributed by atoms with Crippen molar-refractivity contribution in [1.29, 1.82) is 0 Å². The lowest BCUT2D eigenvalue weighted by Crippen LogP contribution is -2.41. The third kappa shape index (κ3) is 3.71. The highest BCUT2D eigenvalue weighted by atomic mass is 16.3. The van der Waals surface area contributed by atoms with Crippen LogP contribution in [0.3, 0.4) is 0 Å². The average Bonchev–Trinajstić information content (AvgIpc) is 2.42. The number of carbonyl (C=O) groups excluding carboxylic acids is 1. The number of ketones is 1. The minimum absolute atomic E-state index is 0.0973. The number of carbonyl (C=O) groups is 1. The van der Waals surface area contributed by atoms with Crippen molar-refractivity contribution in [2.75, 3.05) is 25.0 Å². The Morgan fingerprint density at radius 1 is 1.40 bits per heavy atom. The number of aromatic hydroxyl groups is 1. The second-order valence-electron chi connectivity index (χ2n) is 5.37. The third-order valence-corrected chi connectivity index (χ3v) is 3.68. The molecule has 0 unspecified atom stereocenters. The molecule has 5 nitrogen and oxygen atoms in total. The first-order valence-electron chi connectivity index (χ1n) is 7.00. The predicted molar refractivity (Wildman–Crippen MR) is 77.8 cm³/mol. The zero-order valence-electron chi connectivity index (χ0n) is 11.8. The Balaban J connectivity index is 1.94. The first-order valence-corrected chi connectivity index (χ1v) is 7.00. The molecule has 1 heterocycles. The Bertz CT molecular complexity index is 468. The quantitative estimate of drug-likeness (QED) is 0.709. The number of phenols is 1. The molecule has 0 saturated carbocycles. The van der Waals surface area contributed by atoms with Crippen LogP contribution in [0.15, 0.2) is 18.2 Å². The molecule has 0 amide bonds. The number of phenolic OH excluding ortho intramolecular Hbond substituents is 1. The molecule has 110 valence electrons. The number of benzene rings is 1. The molecule has 5 heteroatoms. The van der Waals surface area contributed by atoms with Gasteiger partial charge in [0.15, 0.2) is 0 Å². The van der Waals surface area contributed by atoms with Crippen molar-refractivity contribution in [1.82, 2.24) is 4.90 Å². The maximum Gasteiger partial charge on any atom is 0.143 e. The van der Waals surface area contributed by atoms with Crippen LogP contribution in [0.5, 0.6) is 5.75 Å². The standard InChI is InChI=1S/C15H22N2O3/c1-11(19)9-17-7-5-13(6-8-17)16-15-12(10-18)3-2-4-14(15)20/h2-4,13,16,18,20H,5-10H2,1H3. The SMILES string of the molecule is CC(=O)CN1CCC(Nc2c(O)cccc2CO)CC1. The zero-order valence-corrected chi connectivity index (χ0v) is 11.8. The van der Waals surface area contributed by atoms with Gasteiger partial charge in [0.25, 0.3) is 0 Å². The van der Waals surface area contributed by atoms with Gasteiger partial charge in [0.1, 0.15) is 11.5 Å². The Labute approximate surface area is 119 Å². The van der Waals surface area contributed by atoms with Crippen LogP contribution in [0.2, 0.25) is 0 Å². The van der Waals surface area contributed by atoms with Gasteiger partial charge >= 0.3 is 0 Å². The highest BCUT2D eigenvalue weighted by Gasteiger charge is 2.21. The Morgan fingerprint density at radius 3 is 2.70 bits per heavy atom. The van der Waals surface area contributed by atoms with Gasteiger partial charge in [0, 0.05) is 24.7 Å². The van der Waals surface area contributed by atoms with E-state index in [2.05, 4.69) is 10.2 Å². The molecule has 0 spiro atoms. The van der Waals surface area contributed by atoms with Gasteiger partial charge in [-0.3, -0.25) is 9.69 Å². The fourth-order valence-corrected chi connectivity index (χ4v) is 2.64. The number of aliphatic hydroxyl groups is 1. The summed E-state index contributed by atoms with van der Waals surface area (Å²) < 4.78 is 0. The van der Waals surface area contributed by atoms with Crippen molar-refractivity contribution >= 4 is 11.5 Å². The van der Waals surface area contributed by atoms with Gasteiger partial charge < -0.3 is 15.5 Å². The maximum absolute atomic E-state index is 11.1. The number of nitrogens with one attached hydrogen (secondary N) is 1.